The minimum atomic E-state index is -0.0564. The van der Waals surface area contributed by atoms with E-state index in [0.717, 1.165) is 32.2 Å². The third-order valence-corrected chi connectivity index (χ3v) is 2.54. The number of rotatable bonds is 4. The van der Waals surface area contributed by atoms with Crippen molar-refractivity contribution >= 4 is 0 Å². The fourth-order valence-corrected chi connectivity index (χ4v) is 1.73. The molecule has 0 heterocycles. The van der Waals surface area contributed by atoms with Gasteiger partial charge in [0, 0.05) is 6.54 Å². The second kappa shape index (κ2) is 5.51. The number of hydrogen-bond acceptors (Lipinski definition) is 3. The van der Waals surface area contributed by atoms with E-state index in [-0.39, 0.29) is 12.7 Å². The summed E-state index contributed by atoms with van der Waals surface area (Å²) in [5, 5.41) is 21.0. The maximum absolute atomic E-state index is 9.24. The lowest BCUT2D eigenvalue weighted by atomic mass is 9.87. The van der Waals surface area contributed by atoms with Crippen LogP contribution in [0.25, 0.3) is 0 Å². The molecule has 12 heavy (non-hydrogen) atoms. The average molecular weight is 173 g/mol. The van der Waals surface area contributed by atoms with Gasteiger partial charge in [-0.3, -0.25) is 0 Å². The van der Waals surface area contributed by atoms with Crippen LogP contribution >= 0.6 is 0 Å². The molecule has 0 unspecified atom stereocenters. The lowest BCUT2D eigenvalue weighted by Gasteiger charge is -2.25. The Labute approximate surface area is 73.8 Å². The smallest absolute Gasteiger partial charge is 0.0555 e. The first kappa shape index (κ1) is 9.96. The van der Waals surface area contributed by atoms with Crippen LogP contribution in [0.4, 0.5) is 0 Å². The molecular formula is C9H19NO2. The minimum absolute atomic E-state index is 0.0564. The molecule has 0 radical (unpaired) electrons. The molecule has 1 aliphatic carbocycles. The SMILES string of the molecule is OCCNCC1CCC(O)CC1. The van der Waals surface area contributed by atoms with Gasteiger partial charge in [-0.15, -0.1) is 0 Å². The van der Waals surface area contributed by atoms with Crippen molar-refractivity contribution in [3.05, 3.63) is 0 Å². The zero-order valence-corrected chi connectivity index (χ0v) is 7.50. The molecule has 0 aromatic rings. The van der Waals surface area contributed by atoms with Crippen molar-refractivity contribution in [2.75, 3.05) is 19.7 Å². The molecule has 1 aliphatic rings. The van der Waals surface area contributed by atoms with Crippen molar-refractivity contribution in [2.45, 2.75) is 31.8 Å². The summed E-state index contributed by atoms with van der Waals surface area (Å²) in [6, 6.07) is 0. The molecule has 3 nitrogen and oxygen atoms in total. The van der Waals surface area contributed by atoms with Crippen molar-refractivity contribution in [2.24, 2.45) is 5.92 Å². The monoisotopic (exact) mass is 173 g/mol. The van der Waals surface area contributed by atoms with Gasteiger partial charge in [-0.2, -0.15) is 0 Å². The Morgan fingerprint density at radius 1 is 1.17 bits per heavy atom. The Kier molecular flexibility index (Phi) is 4.58. The van der Waals surface area contributed by atoms with Gasteiger partial charge in [-0.25, -0.2) is 0 Å². The second-order valence-electron chi connectivity index (χ2n) is 3.60. The summed E-state index contributed by atoms with van der Waals surface area (Å²) in [7, 11) is 0. The molecule has 0 spiro atoms. The highest BCUT2D eigenvalue weighted by Gasteiger charge is 2.18. The third kappa shape index (κ3) is 3.52. The van der Waals surface area contributed by atoms with Crippen molar-refractivity contribution < 1.29 is 10.2 Å². The number of hydrogen-bond donors (Lipinski definition) is 3. The Morgan fingerprint density at radius 2 is 1.83 bits per heavy atom. The van der Waals surface area contributed by atoms with Crippen molar-refractivity contribution in [1.29, 1.82) is 0 Å². The fraction of sp³-hybridized carbons (Fsp3) is 1.00. The Bertz CT molecular complexity index is 111. The zero-order valence-electron chi connectivity index (χ0n) is 7.50. The summed E-state index contributed by atoms with van der Waals surface area (Å²) in [5.74, 6) is 0.708. The quantitative estimate of drug-likeness (QED) is 0.529. The average Bonchev–Trinajstić information content (AvgIpc) is 2.09. The minimum Gasteiger partial charge on any atom is -0.395 e. The lowest BCUT2D eigenvalue weighted by molar-refractivity contribution is 0.108. The molecule has 0 aliphatic heterocycles. The predicted octanol–water partition coefficient (Wildman–Crippen LogP) is 0.119. The largest absolute Gasteiger partial charge is 0.395 e. The van der Waals surface area contributed by atoms with Crippen LogP contribution in [-0.2, 0) is 0 Å². The third-order valence-electron chi connectivity index (χ3n) is 2.54. The molecule has 0 aromatic carbocycles. The number of aliphatic hydroxyl groups is 2. The van der Waals surface area contributed by atoms with E-state index in [1.54, 1.807) is 0 Å². The number of aliphatic hydroxyl groups excluding tert-OH is 2. The molecular weight excluding hydrogens is 154 g/mol. The van der Waals surface area contributed by atoms with E-state index in [0.29, 0.717) is 12.5 Å². The summed E-state index contributed by atoms with van der Waals surface area (Å²) < 4.78 is 0. The Hall–Kier alpha value is -0.120. The molecule has 1 fully saturated rings. The maximum atomic E-state index is 9.24. The first-order valence-electron chi connectivity index (χ1n) is 4.82. The van der Waals surface area contributed by atoms with E-state index in [9.17, 15) is 5.11 Å². The molecule has 0 atom stereocenters. The van der Waals surface area contributed by atoms with E-state index in [1.807, 2.05) is 0 Å². The van der Waals surface area contributed by atoms with Gasteiger partial charge in [-0.1, -0.05) is 0 Å². The van der Waals surface area contributed by atoms with Gasteiger partial charge in [0.05, 0.1) is 12.7 Å². The van der Waals surface area contributed by atoms with E-state index in [2.05, 4.69) is 5.32 Å². The highest BCUT2D eigenvalue weighted by atomic mass is 16.3. The highest BCUT2D eigenvalue weighted by molar-refractivity contribution is 4.72. The fourth-order valence-electron chi connectivity index (χ4n) is 1.73. The van der Waals surface area contributed by atoms with Crippen molar-refractivity contribution in [3.63, 3.8) is 0 Å². The normalized spacial score (nSPS) is 30.5. The first-order chi connectivity index (χ1) is 5.83. The molecule has 3 heteroatoms. The van der Waals surface area contributed by atoms with Crippen LogP contribution in [0.2, 0.25) is 0 Å². The van der Waals surface area contributed by atoms with Crippen LogP contribution < -0.4 is 5.32 Å². The maximum Gasteiger partial charge on any atom is 0.0555 e. The van der Waals surface area contributed by atoms with Gasteiger partial charge in [-0.05, 0) is 38.1 Å². The van der Waals surface area contributed by atoms with E-state index >= 15 is 0 Å². The highest BCUT2D eigenvalue weighted by Crippen LogP contribution is 2.23. The van der Waals surface area contributed by atoms with Gasteiger partial charge in [0.1, 0.15) is 0 Å². The molecule has 0 bridgehead atoms. The standard InChI is InChI=1S/C9H19NO2/c11-6-5-10-7-8-1-3-9(12)4-2-8/h8-12H,1-7H2. The van der Waals surface area contributed by atoms with Gasteiger partial charge >= 0.3 is 0 Å². The Balaban J connectivity index is 2.01. The van der Waals surface area contributed by atoms with Crippen LogP contribution in [0, 0.1) is 5.92 Å². The molecule has 3 N–H and O–H groups in total. The van der Waals surface area contributed by atoms with E-state index < -0.39 is 0 Å². The predicted molar refractivity (Wildman–Crippen MR) is 47.9 cm³/mol. The molecule has 0 saturated heterocycles. The lowest BCUT2D eigenvalue weighted by Crippen LogP contribution is -2.29. The Morgan fingerprint density at radius 3 is 2.42 bits per heavy atom. The molecule has 72 valence electrons. The summed E-state index contributed by atoms with van der Waals surface area (Å²) >= 11 is 0. The first-order valence-corrected chi connectivity index (χ1v) is 4.82. The summed E-state index contributed by atoms with van der Waals surface area (Å²) in [6.45, 7) is 1.90. The summed E-state index contributed by atoms with van der Waals surface area (Å²) in [5.41, 5.74) is 0. The molecule has 1 rings (SSSR count). The van der Waals surface area contributed by atoms with Crippen molar-refractivity contribution in [3.8, 4) is 0 Å². The van der Waals surface area contributed by atoms with Crippen LogP contribution in [0.15, 0.2) is 0 Å². The number of nitrogens with one attached hydrogen (secondary N) is 1. The topological polar surface area (TPSA) is 52.5 Å². The van der Waals surface area contributed by atoms with Gasteiger partial charge in [0.25, 0.3) is 0 Å². The van der Waals surface area contributed by atoms with Crippen LogP contribution in [0.5, 0.6) is 0 Å². The molecule has 0 aromatic heterocycles. The van der Waals surface area contributed by atoms with Gasteiger partial charge in [0.2, 0.25) is 0 Å². The van der Waals surface area contributed by atoms with Gasteiger partial charge in [0.15, 0.2) is 0 Å². The van der Waals surface area contributed by atoms with Crippen LogP contribution in [-0.4, -0.2) is 36.0 Å². The van der Waals surface area contributed by atoms with Crippen LogP contribution in [0.1, 0.15) is 25.7 Å². The summed E-state index contributed by atoms with van der Waals surface area (Å²) in [4.78, 5) is 0. The second-order valence-corrected chi connectivity index (χ2v) is 3.60. The van der Waals surface area contributed by atoms with Crippen LogP contribution in [0.3, 0.4) is 0 Å². The zero-order chi connectivity index (χ0) is 8.81. The van der Waals surface area contributed by atoms with Crippen molar-refractivity contribution in [1.82, 2.24) is 5.32 Å². The van der Waals surface area contributed by atoms with E-state index in [4.69, 9.17) is 5.11 Å². The van der Waals surface area contributed by atoms with E-state index in [1.165, 1.54) is 0 Å². The van der Waals surface area contributed by atoms with Gasteiger partial charge < -0.3 is 15.5 Å². The molecule has 0 amide bonds. The summed E-state index contributed by atoms with van der Waals surface area (Å²) in [6.07, 6.45) is 4.09. The molecule has 1 saturated carbocycles.